The van der Waals surface area contributed by atoms with Crippen LogP contribution in [0, 0.1) is 11.6 Å². The summed E-state index contributed by atoms with van der Waals surface area (Å²) in [4.78, 5) is 12.0. The fourth-order valence-corrected chi connectivity index (χ4v) is 2.08. The van der Waals surface area contributed by atoms with E-state index in [1.54, 1.807) is 0 Å². The normalized spacial score (nSPS) is 10.5. The van der Waals surface area contributed by atoms with Gasteiger partial charge in [-0.1, -0.05) is 29.3 Å². The molecule has 5 heteroatoms. The molecule has 0 radical (unpaired) electrons. The van der Waals surface area contributed by atoms with Crippen LogP contribution in [0.2, 0.25) is 10.0 Å². The zero-order valence-electron chi connectivity index (χ0n) is 9.59. The highest BCUT2D eigenvalue weighted by molar-refractivity contribution is 6.34. The fraction of sp³-hybridized carbons (Fsp3) is 0.0714. The molecule has 0 unspecified atom stereocenters. The molecule has 0 spiro atoms. The molecule has 0 atom stereocenters. The SMILES string of the molecule is O=C(Cc1cc(F)ccc1Cl)c1cccc(F)c1Cl. The molecule has 1 nitrogen and oxygen atoms in total. The maximum absolute atomic E-state index is 13.3. The lowest BCUT2D eigenvalue weighted by Crippen LogP contribution is -2.06. The molecule has 0 saturated carbocycles. The molecule has 0 fully saturated rings. The van der Waals surface area contributed by atoms with Crippen molar-refractivity contribution in [2.24, 2.45) is 0 Å². The molecule has 0 aliphatic rings. The average Bonchev–Trinajstić information content (AvgIpc) is 2.37. The largest absolute Gasteiger partial charge is 0.294 e. The second-order valence-corrected chi connectivity index (χ2v) is 4.72. The van der Waals surface area contributed by atoms with Crippen LogP contribution < -0.4 is 0 Å². The van der Waals surface area contributed by atoms with Gasteiger partial charge in [-0.25, -0.2) is 8.78 Å². The smallest absolute Gasteiger partial charge is 0.168 e. The summed E-state index contributed by atoms with van der Waals surface area (Å²) < 4.78 is 26.3. The van der Waals surface area contributed by atoms with E-state index in [-0.39, 0.29) is 22.0 Å². The van der Waals surface area contributed by atoms with Crippen molar-refractivity contribution < 1.29 is 13.6 Å². The molecule has 98 valence electrons. The van der Waals surface area contributed by atoms with E-state index in [9.17, 15) is 13.6 Å². The van der Waals surface area contributed by atoms with Gasteiger partial charge >= 0.3 is 0 Å². The molecular weight excluding hydrogens is 293 g/mol. The average molecular weight is 301 g/mol. The summed E-state index contributed by atoms with van der Waals surface area (Å²) in [5.41, 5.74) is 0.397. The number of rotatable bonds is 3. The van der Waals surface area contributed by atoms with Crippen molar-refractivity contribution in [3.63, 3.8) is 0 Å². The van der Waals surface area contributed by atoms with Crippen LogP contribution >= 0.6 is 23.2 Å². The molecule has 0 aromatic heterocycles. The van der Waals surface area contributed by atoms with Gasteiger partial charge in [-0.15, -0.1) is 0 Å². The zero-order chi connectivity index (χ0) is 14.0. The predicted molar refractivity (Wildman–Crippen MR) is 70.9 cm³/mol. The minimum Gasteiger partial charge on any atom is -0.294 e. The van der Waals surface area contributed by atoms with Gasteiger partial charge < -0.3 is 0 Å². The Labute approximate surface area is 118 Å². The lowest BCUT2D eigenvalue weighted by molar-refractivity contribution is 0.0992. The molecule has 2 rings (SSSR count). The number of hydrogen-bond donors (Lipinski definition) is 0. The molecule has 2 aromatic carbocycles. The highest BCUT2D eigenvalue weighted by Crippen LogP contribution is 2.23. The van der Waals surface area contributed by atoms with Gasteiger partial charge in [-0.3, -0.25) is 4.79 Å². The lowest BCUT2D eigenvalue weighted by atomic mass is 10.0. The van der Waals surface area contributed by atoms with Crippen molar-refractivity contribution in [2.75, 3.05) is 0 Å². The number of carbonyl (C=O) groups is 1. The maximum atomic E-state index is 13.3. The highest BCUT2D eigenvalue weighted by atomic mass is 35.5. The van der Waals surface area contributed by atoms with Gasteiger partial charge in [0.25, 0.3) is 0 Å². The number of halogens is 4. The van der Waals surface area contributed by atoms with Gasteiger partial charge in [-0.2, -0.15) is 0 Å². The van der Waals surface area contributed by atoms with Crippen molar-refractivity contribution in [2.45, 2.75) is 6.42 Å². The first-order chi connectivity index (χ1) is 8.99. The van der Waals surface area contributed by atoms with Crippen LogP contribution in [-0.4, -0.2) is 5.78 Å². The Hall–Kier alpha value is -1.45. The molecule has 19 heavy (non-hydrogen) atoms. The van der Waals surface area contributed by atoms with Crippen molar-refractivity contribution >= 4 is 29.0 Å². The van der Waals surface area contributed by atoms with Crippen molar-refractivity contribution in [1.82, 2.24) is 0 Å². The first kappa shape index (κ1) is 14.0. The molecule has 0 N–H and O–H groups in total. The molecule has 0 aliphatic carbocycles. The van der Waals surface area contributed by atoms with E-state index in [1.807, 2.05) is 0 Å². The second-order valence-electron chi connectivity index (χ2n) is 3.94. The molecule has 0 heterocycles. The topological polar surface area (TPSA) is 17.1 Å². The zero-order valence-corrected chi connectivity index (χ0v) is 11.1. The molecule has 0 amide bonds. The van der Waals surface area contributed by atoms with Gasteiger partial charge in [0.15, 0.2) is 5.78 Å². The lowest BCUT2D eigenvalue weighted by Gasteiger charge is -2.06. The maximum Gasteiger partial charge on any atom is 0.168 e. The molecular formula is C14H8Cl2F2O. The van der Waals surface area contributed by atoms with E-state index in [0.29, 0.717) is 5.56 Å². The minimum absolute atomic E-state index is 0.0574. The van der Waals surface area contributed by atoms with Gasteiger partial charge in [0, 0.05) is 17.0 Å². The Balaban J connectivity index is 2.31. The summed E-state index contributed by atoms with van der Waals surface area (Å²) in [5, 5.41) is 0.0438. The Kier molecular flexibility index (Phi) is 4.17. The van der Waals surface area contributed by atoms with E-state index in [0.717, 1.165) is 6.07 Å². The summed E-state index contributed by atoms with van der Waals surface area (Å²) in [5.74, 6) is -1.58. The fourth-order valence-electron chi connectivity index (χ4n) is 1.67. The summed E-state index contributed by atoms with van der Waals surface area (Å²) >= 11 is 11.6. The van der Waals surface area contributed by atoms with Gasteiger partial charge in [0.1, 0.15) is 11.6 Å². The van der Waals surface area contributed by atoms with Crippen LogP contribution in [0.15, 0.2) is 36.4 Å². The van der Waals surface area contributed by atoms with Gasteiger partial charge in [-0.05, 0) is 35.9 Å². The van der Waals surface area contributed by atoms with Gasteiger partial charge in [0.2, 0.25) is 0 Å². The Morgan fingerprint density at radius 1 is 1.11 bits per heavy atom. The van der Waals surface area contributed by atoms with Crippen LogP contribution in [0.4, 0.5) is 8.78 Å². The minimum atomic E-state index is -0.669. The third-order valence-electron chi connectivity index (χ3n) is 2.61. The van der Waals surface area contributed by atoms with Crippen LogP contribution in [0.5, 0.6) is 0 Å². The Morgan fingerprint density at radius 3 is 2.58 bits per heavy atom. The van der Waals surface area contributed by atoms with E-state index in [4.69, 9.17) is 23.2 Å². The summed E-state index contributed by atoms with van der Waals surface area (Å²) in [7, 11) is 0. The number of hydrogen-bond acceptors (Lipinski definition) is 1. The monoisotopic (exact) mass is 300 g/mol. The number of carbonyl (C=O) groups excluding carboxylic acids is 1. The van der Waals surface area contributed by atoms with Crippen LogP contribution in [0.3, 0.4) is 0 Å². The molecule has 0 saturated heterocycles. The van der Waals surface area contributed by atoms with E-state index in [1.165, 1.54) is 30.3 Å². The van der Waals surface area contributed by atoms with E-state index >= 15 is 0 Å². The highest BCUT2D eigenvalue weighted by Gasteiger charge is 2.15. The summed E-state index contributed by atoms with van der Waals surface area (Å²) in [6, 6.07) is 7.71. The first-order valence-corrected chi connectivity index (χ1v) is 6.16. The third-order valence-corrected chi connectivity index (χ3v) is 3.36. The van der Waals surface area contributed by atoms with E-state index in [2.05, 4.69) is 0 Å². The number of Topliss-reactive ketones (excluding diaryl/α,β-unsaturated/α-hetero) is 1. The van der Waals surface area contributed by atoms with Crippen molar-refractivity contribution in [1.29, 1.82) is 0 Å². The first-order valence-electron chi connectivity index (χ1n) is 5.40. The second kappa shape index (κ2) is 5.68. The number of ketones is 1. The Morgan fingerprint density at radius 2 is 1.84 bits per heavy atom. The van der Waals surface area contributed by atoms with Crippen molar-refractivity contribution in [3.05, 3.63) is 69.2 Å². The molecule has 0 bridgehead atoms. The summed E-state index contributed by atoms with van der Waals surface area (Å²) in [6.45, 7) is 0. The predicted octanol–water partition coefficient (Wildman–Crippen LogP) is 4.70. The summed E-state index contributed by atoms with van der Waals surface area (Å²) in [6.07, 6.45) is -0.139. The number of benzene rings is 2. The standard InChI is InChI=1S/C14H8Cl2F2O/c15-11-5-4-9(17)6-8(11)7-13(19)10-2-1-3-12(18)14(10)16/h1-6H,7H2. The quantitative estimate of drug-likeness (QED) is 0.751. The van der Waals surface area contributed by atoms with Crippen molar-refractivity contribution in [3.8, 4) is 0 Å². The van der Waals surface area contributed by atoms with E-state index < -0.39 is 17.4 Å². The van der Waals surface area contributed by atoms with Gasteiger partial charge in [0.05, 0.1) is 5.02 Å². The van der Waals surface area contributed by atoms with Crippen LogP contribution in [0.25, 0.3) is 0 Å². The molecule has 0 aliphatic heterocycles. The Bertz CT molecular complexity index is 641. The molecule has 2 aromatic rings. The van der Waals surface area contributed by atoms with Crippen LogP contribution in [-0.2, 0) is 6.42 Å². The third kappa shape index (κ3) is 3.11. The van der Waals surface area contributed by atoms with Crippen LogP contribution in [0.1, 0.15) is 15.9 Å².